The number of benzene rings is 3. The molecule has 4 rings (SSSR count). The molecule has 0 fully saturated rings. The lowest BCUT2D eigenvalue weighted by atomic mass is 9.78. The van der Waals surface area contributed by atoms with Crippen molar-refractivity contribution in [2.45, 2.75) is 53.1 Å². The molecule has 0 N–H and O–H groups in total. The van der Waals surface area contributed by atoms with Crippen molar-refractivity contribution in [2.24, 2.45) is 10.2 Å². The molecule has 3 aromatic carbocycles. The molecule has 1 unspecified atom stereocenters. The molecule has 0 bridgehead atoms. The minimum Gasteiger partial charge on any atom is -0.486 e. The molecular weight excluding hydrogens is 402 g/mol. The third-order valence-electron chi connectivity index (χ3n) is 6.35. The van der Waals surface area contributed by atoms with Crippen LogP contribution in [-0.2, 0) is 0 Å². The number of nitro benzene ring substituents is 1. The summed E-state index contributed by atoms with van der Waals surface area (Å²) in [5, 5.41) is 19.8. The van der Waals surface area contributed by atoms with Gasteiger partial charge in [-0.1, -0.05) is 29.8 Å². The van der Waals surface area contributed by atoms with Crippen molar-refractivity contribution >= 4 is 17.1 Å². The maximum Gasteiger partial charge on any atom is 0.269 e. The van der Waals surface area contributed by atoms with Gasteiger partial charge in [0.2, 0.25) is 0 Å². The van der Waals surface area contributed by atoms with Crippen molar-refractivity contribution in [1.82, 2.24) is 0 Å². The summed E-state index contributed by atoms with van der Waals surface area (Å²) in [5.74, 6) is 1.01. The van der Waals surface area contributed by atoms with Crippen molar-refractivity contribution in [3.8, 4) is 5.75 Å². The first-order valence-corrected chi connectivity index (χ1v) is 10.7. The maximum absolute atomic E-state index is 10.9. The van der Waals surface area contributed by atoms with Crippen molar-refractivity contribution in [1.29, 1.82) is 0 Å². The fourth-order valence-corrected chi connectivity index (χ4v) is 4.50. The van der Waals surface area contributed by atoms with E-state index in [9.17, 15) is 10.1 Å². The molecule has 0 spiro atoms. The van der Waals surface area contributed by atoms with E-state index in [1.165, 1.54) is 23.3 Å². The minimum absolute atomic E-state index is 0.0324. The summed E-state index contributed by atoms with van der Waals surface area (Å²) in [4.78, 5) is 10.5. The Hall–Kier alpha value is -3.54. The Bertz CT molecular complexity index is 1230. The van der Waals surface area contributed by atoms with Gasteiger partial charge in [-0.3, -0.25) is 10.1 Å². The van der Waals surface area contributed by atoms with E-state index in [4.69, 9.17) is 4.74 Å². The summed E-state index contributed by atoms with van der Waals surface area (Å²) in [6.45, 7) is 12.5. The van der Waals surface area contributed by atoms with Gasteiger partial charge >= 0.3 is 0 Å². The monoisotopic (exact) mass is 429 g/mol. The van der Waals surface area contributed by atoms with Crippen molar-refractivity contribution in [3.63, 3.8) is 0 Å². The predicted molar refractivity (Wildman–Crippen MR) is 126 cm³/mol. The van der Waals surface area contributed by atoms with E-state index in [1.54, 1.807) is 12.1 Å². The summed E-state index contributed by atoms with van der Waals surface area (Å²) in [7, 11) is 0. The Balaban J connectivity index is 1.82. The van der Waals surface area contributed by atoms with Crippen LogP contribution in [0.3, 0.4) is 0 Å². The van der Waals surface area contributed by atoms with Crippen LogP contribution in [0.25, 0.3) is 0 Å². The maximum atomic E-state index is 10.9. The molecule has 164 valence electrons. The molecule has 1 aliphatic rings. The van der Waals surface area contributed by atoms with Crippen LogP contribution in [0, 0.1) is 37.8 Å². The van der Waals surface area contributed by atoms with Crippen LogP contribution < -0.4 is 4.74 Å². The molecule has 6 nitrogen and oxygen atoms in total. The lowest BCUT2D eigenvalue weighted by molar-refractivity contribution is -0.384. The Morgan fingerprint density at radius 2 is 1.50 bits per heavy atom. The van der Waals surface area contributed by atoms with Crippen LogP contribution in [0.5, 0.6) is 5.75 Å². The molecule has 32 heavy (non-hydrogen) atoms. The van der Waals surface area contributed by atoms with Crippen molar-refractivity contribution in [2.75, 3.05) is 0 Å². The number of nitro groups is 1. The highest BCUT2D eigenvalue weighted by Gasteiger charge is 2.44. The molecule has 0 saturated heterocycles. The second-order valence-electron chi connectivity index (χ2n) is 8.99. The Kier molecular flexibility index (Phi) is 5.33. The lowest BCUT2D eigenvalue weighted by Crippen LogP contribution is -2.31. The quantitative estimate of drug-likeness (QED) is 0.244. The number of hydrogen-bond donors (Lipinski definition) is 0. The van der Waals surface area contributed by atoms with Gasteiger partial charge in [0.25, 0.3) is 5.69 Å². The standard InChI is InChI=1S/C26H27N3O3/c1-15-7-9-19(10-8-15)23-22-18(4)24(16(2)17(3)25(22)32-26(23,5)6)28-27-20-11-13-21(14-12-20)29(30)31/h7-14,23H,1-6H3/b28-27+. The van der Waals surface area contributed by atoms with E-state index in [1.807, 2.05) is 6.92 Å². The molecule has 0 amide bonds. The van der Waals surface area contributed by atoms with Crippen LogP contribution in [0.4, 0.5) is 17.1 Å². The number of fused-ring (bicyclic) bond motifs is 1. The smallest absolute Gasteiger partial charge is 0.269 e. The molecule has 1 aliphatic heterocycles. The first-order chi connectivity index (χ1) is 15.1. The SMILES string of the molecule is Cc1ccc(C2c3c(C)c(/N=N/c4ccc([N+](=O)[O-])cc4)c(C)c(C)c3OC2(C)C)cc1. The normalized spacial score (nSPS) is 16.8. The minimum atomic E-state index is -0.425. The number of aryl methyl sites for hydroxylation is 1. The van der Waals surface area contributed by atoms with E-state index in [0.717, 1.165) is 33.7 Å². The number of nitrogens with zero attached hydrogens (tertiary/aromatic N) is 3. The predicted octanol–water partition coefficient (Wildman–Crippen LogP) is 7.55. The third kappa shape index (κ3) is 3.66. The zero-order valence-electron chi connectivity index (χ0n) is 19.3. The fraction of sp³-hybridized carbons (Fsp3) is 0.308. The summed E-state index contributed by atoms with van der Waals surface area (Å²) in [6, 6.07) is 14.7. The van der Waals surface area contributed by atoms with Crippen LogP contribution in [0.15, 0.2) is 58.8 Å². The summed E-state index contributed by atoms with van der Waals surface area (Å²) in [6.07, 6.45) is 0. The zero-order valence-corrected chi connectivity index (χ0v) is 19.3. The third-order valence-corrected chi connectivity index (χ3v) is 6.35. The largest absolute Gasteiger partial charge is 0.486 e. The number of non-ortho nitro benzene ring substituents is 1. The Morgan fingerprint density at radius 1 is 0.875 bits per heavy atom. The average molecular weight is 430 g/mol. The van der Waals surface area contributed by atoms with Gasteiger partial charge in [-0.05, 0) is 75.9 Å². The second-order valence-corrected chi connectivity index (χ2v) is 8.99. The van der Waals surface area contributed by atoms with Crippen LogP contribution in [0.2, 0.25) is 0 Å². The fourth-order valence-electron chi connectivity index (χ4n) is 4.50. The van der Waals surface area contributed by atoms with Crippen LogP contribution in [0.1, 0.15) is 53.1 Å². The van der Waals surface area contributed by atoms with Crippen LogP contribution >= 0.6 is 0 Å². The first-order valence-electron chi connectivity index (χ1n) is 10.7. The Morgan fingerprint density at radius 3 is 2.09 bits per heavy atom. The molecule has 0 radical (unpaired) electrons. The van der Waals surface area contributed by atoms with Gasteiger partial charge in [0, 0.05) is 17.7 Å². The van der Waals surface area contributed by atoms with E-state index in [0.29, 0.717) is 5.69 Å². The molecule has 0 saturated carbocycles. The Labute approximate surface area is 188 Å². The first kappa shape index (κ1) is 21.7. The van der Waals surface area contributed by atoms with Gasteiger partial charge in [-0.15, -0.1) is 5.11 Å². The number of hydrogen-bond acceptors (Lipinski definition) is 5. The topological polar surface area (TPSA) is 77.1 Å². The lowest BCUT2D eigenvalue weighted by Gasteiger charge is -2.27. The van der Waals surface area contributed by atoms with Gasteiger partial charge in [0.15, 0.2) is 0 Å². The van der Waals surface area contributed by atoms with Gasteiger partial charge in [-0.25, -0.2) is 0 Å². The van der Waals surface area contributed by atoms with Crippen molar-refractivity contribution < 1.29 is 9.66 Å². The van der Waals surface area contributed by atoms with E-state index in [2.05, 4.69) is 69.1 Å². The number of azo groups is 1. The van der Waals surface area contributed by atoms with Gasteiger partial charge in [0.05, 0.1) is 22.2 Å². The van der Waals surface area contributed by atoms with Gasteiger partial charge in [-0.2, -0.15) is 5.11 Å². The summed E-state index contributed by atoms with van der Waals surface area (Å²) in [5.41, 5.74) is 7.74. The molecular formula is C26H27N3O3. The van der Waals surface area contributed by atoms with E-state index >= 15 is 0 Å². The van der Waals surface area contributed by atoms with Gasteiger partial charge in [0.1, 0.15) is 11.4 Å². The van der Waals surface area contributed by atoms with Crippen LogP contribution in [-0.4, -0.2) is 10.5 Å². The van der Waals surface area contributed by atoms with E-state index < -0.39 is 10.5 Å². The van der Waals surface area contributed by atoms with E-state index in [-0.39, 0.29) is 11.6 Å². The van der Waals surface area contributed by atoms with Crippen molar-refractivity contribution in [3.05, 3.63) is 92.0 Å². The second kappa shape index (κ2) is 7.86. The highest BCUT2D eigenvalue weighted by molar-refractivity contribution is 5.68. The molecule has 3 aromatic rings. The summed E-state index contributed by atoms with van der Waals surface area (Å²) >= 11 is 0. The molecule has 0 aliphatic carbocycles. The highest BCUT2D eigenvalue weighted by Crippen LogP contribution is 2.54. The number of rotatable bonds is 4. The molecule has 6 heteroatoms. The molecule has 0 aromatic heterocycles. The zero-order chi connectivity index (χ0) is 23.2. The molecule has 1 atom stereocenters. The highest BCUT2D eigenvalue weighted by atomic mass is 16.6. The summed E-state index contributed by atoms with van der Waals surface area (Å²) < 4.78 is 6.50. The number of ether oxygens (including phenoxy) is 1. The average Bonchev–Trinajstić information content (AvgIpc) is 3.04. The molecule has 1 heterocycles. The van der Waals surface area contributed by atoms with Gasteiger partial charge < -0.3 is 4.74 Å².